The molecule has 54 heavy (non-hydrogen) atoms. The van der Waals surface area contributed by atoms with Crippen LogP contribution >= 0.6 is 0 Å². The zero-order valence-electron chi connectivity index (χ0n) is 29.7. The maximum Gasteiger partial charge on any atom is 0.432 e. The number of pyridine rings is 2. The third kappa shape index (κ3) is 7.39. The minimum absolute atomic E-state index is 0. The number of anilines is 2. The maximum absolute atomic E-state index is 12.6. The minimum atomic E-state index is -4.95. The van der Waals surface area contributed by atoms with Gasteiger partial charge in [0.25, 0.3) is 0 Å². The summed E-state index contributed by atoms with van der Waals surface area (Å²) in [5, 5.41) is 0. The number of hydrogen-bond donors (Lipinski definition) is 0. The summed E-state index contributed by atoms with van der Waals surface area (Å²) in [7, 11) is 8.49. The second-order valence-corrected chi connectivity index (χ2v) is 13.7. The van der Waals surface area contributed by atoms with Crippen molar-refractivity contribution in [2.45, 2.75) is 30.6 Å². The van der Waals surface area contributed by atoms with Crippen LogP contribution in [0.4, 0.5) is 37.7 Å². The van der Waals surface area contributed by atoms with E-state index in [9.17, 15) is 26.3 Å². The van der Waals surface area contributed by atoms with E-state index in [1.54, 1.807) is 6.07 Å². The van der Waals surface area contributed by atoms with E-state index >= 15 is 0 Å². The third-order valence-electron chi connectivity index (χ3n) is 9.85. The summed E-state index contributed by atoms with van der Waals surface area (Å²) in [6.45, 7) is 0. The summed E-state index contributed by atoms with van der Waals surface area (Å²) in [4.78, 5) is 12.2. The third-order valence-corrected chi connectivity index (χ3v) is 9.85. The van der Waals surface area contributed by atoms with Gasteiger partial charge in [-0.1, -0.05) is 30.3 Å². The van der Waals surface area contributed by atoms with Gasteiger partial charge in [0.1, 0.15) is 5.69 Å². The predicted octanol–water partition coefficient (Wildman–Crippen LogP) is 10.3. The number of hydrogen-bond acceptors (Lipinski definition) is 4. The van der Waals surface area contributed by atoms with Gasteiger partial charge in [-0.3, -0.25) is 4.98 Å². The van der Waals surface area contributed by atoms with Crippen LogP contribution in [0.15, 0.2) is 109 Å². The molecule has 0 N–H and O–H groups in total. The molecule has 0 saturated carbocycles. The fraction of sp³-hybridized carbons (Fsp3) is 0.209. The molecule has 2 heterocycles. The van der Waals surface area contributed by atoms with Crippen molar-refractivity contribution in [1.29, 1.82) is 0 Å². The van der Waals surface area contributed by atoms with Gasteiger partial charge in [0.15, 0.2) is 0 Å². The van der Waals surface area contributed by atoms with E-state index in [-0.39, 0.29) is 37.2 Å². The average Bonchev–Trinajstić information content (AvgIpc) is 3.66. The quantitative estimate of drug-likeness (QED) is 0.130. The summed E-state index contributed by atoms with van der Waals surface area (Å²) in [5.41, 5.74) is 9.67. The van der Waals surface area contributed by atoms with Gasteiger partial charge in [0, 0.05) is 71.3 Å². The van der Waals surface area contributed by atoms with Crippen LogP contribution in [0.2, 0.25) is 0 Å². The molecule has 279 valence electrons. The molecule has 2 aromatic heterocycles. The Morgan fingerprint density at radius 3 is 1.80 bits per heavy atom. The van der Waals surface area contributed by atoms with Crippen LogP contribution in [-0.2, 0) is 50.7 Å². The number of aromatic nitrogens is 2. The molecular weight excluding hydrogens is 879 g/mol. The van der Waals surface area contributed by atoms with Crippen LogP contribution in [0, 0.1) is 12.1 Å². The van der Waals surface area contributed by atoms with Gasteiger partial charge < -0.3 is 14.8 Å². The number of benzene rings is 4. The molecule has 2 aliphatic rings. The number of nitrogens with zero attached hydrogens (tertiary/aromatic N) is 4. The molecule has 11 heteroatoms. The molecule has 8 rings (SSSR count). The molecule has 1 radical (unpaired) electrons. The van der Waals surface area contributed by atoms with Crippen LogP contribution in [0.3, 0.4) is 0 Å². The van der Waals surface area contributed by atoms with Crippen molar-refractivity contribution in [3.05, 3.63) is 155 Å². The SMILES string of the molecule is CN(C)c1ccc2c(c1)C1(Cc3c[c-]c(-c4ccccn4)cc3C1)c1cc(N(C)C)ccc1-2.FC(F)(F)c1cc(-c2[c-]cccc2)nc(C(F)(F)F)c1.[Ir]. The molecule has 0 saturated heterocycles. The fourth-order valence-corrected chi connectivity index (χ4v) is 7.22. The van der Waals surface area contributed by atoms with Crippen molar-refractivity contribution in [3.8, 4) is 33.6 Å². The zero-order chi connectivity index (χ0) is 37.7. The van der Waals surface area contributed by atoms with E-state index in [0.717, 1.165) is 24.1 Å². The Morgan fingerprint density at radius 1 is 0.630 bits per heavy atom. The summed E-state index contributed by atoms with van der Waals surface area (Å²) < 4.78 is 75.8. The van der Waals surface area contributed by atoms with E-state index in [0.29, 0.717) is 6.07 Å². The first-order chi connectivity index (χ1) is 25.1. The van der Waals surface area contributed by atoms with Gasteiger partial charge >= 0.3 is 12.4 Å². The summed E-state index contributed by atoms with van der Waals surface area (Å²) in [6, 6.07) is 36.9. The van der Waals surface area contributed by atoms with E-state index in [1.165, 1.54) is 63.0 Å². The van der Waals surface area contributed by atoms with Crippen LogP contribution in [0.25, 0.3) is 33.6 Å². The molecule has 1 spiro atoms. The van der Waals surface area contributed by atoms with Gasteiger partial charge in [-0.25, -0.2) is 0 Å². The van der Waals surface area contributed by atoms with Gasteiger partial charge in [-0.2, -0.15) is 26.3 Å². The normalized spacial score (nSPS) is 13.6. The van der Waals surface area contributed by atoms with E-state index < -0.39 is 29.3 Å². The van der Waals surface area contributed by atoms with E-state index in [4.69, 9.17) is 0 Å². The van der Waals surface area contributed by atoms with Crippen LogP contribution in [-0.4, -0.2) is 38.2 Å². The first-order valence-electron chi connectivity index (χ1n) is 16.9. The molecule has 0 amide bonds. The van der Waals surface area contributed by atoms with Gasteiger partial charge in [-0.15, -0.1) is 70.8 Å². The van der Waals surface area contributed by atoms with Crippen LogP contribution in [0.1, 0.15) is 33.5 Å². The Morgan fingerprint density at radius 2 is 1.26 bits per heavy atom. The number of rotatable bonds is 4. The second kappa shape index (κ2) is 14.7. The Kier molecular flexibility index (Phi) is 10.5. The predicted molar refractivity (Wildman–Crippen MR) is 196 cm³/mol. The standard InChI is InChI=1S/C30H28N3.C13H6F6N.Ir/c1-32(2)23-10-12-25-26-13-11-24(33(3)4)17-28(26)30(27(25)16-23)18-21-9-8-20(15-22(21)19-30)29-7-5-6-14-31-29;14-12(15,16)9-6-10(8-4-2-1-3-5-8)20-11(7-9)13(17,18)19;/h5-7,9-17H,18-19H2,1-4H3;1-4,6-7H;/q2*-1;. The van der Waals surface area contributed by atoms with Crippen molar-refractivity contribution >= 4 is 11.4 Å². The molecule has 0 atom stereocenters. The molecule has 4 aromatic carbocycles. The Balaban J connectivity index is 0.000000205. The first-order valence-corrected chi connectivity index (χ1v) is 16.9. The molecule has 6 aromatic rings. The van der Waals surface area contributed by atoms with Crippen molar-refractivity contribution in [2.24, 2.45) is 0 Å². The molecular formula is C43H34F6IrN4-2. The molecule has 0 bridgehead atoms. The number of fused-ring (bicyclic) bond motifs is 6. The second-order valence-electron chi connectivity index (χ2n) is 13.7. The van der Waals surface area contributed by atoms with Crippen molar-refractivity contribution < 1.29 is 46.4 Å². The first kappa shape index (κ1) is 38.7. The van der Waals surface area contributed by atoms with Crippen molar-refractivity contribution in [2.75, 3.05) is 38.0 Å². The summed E-state index contributed by atoms with van der Waals surface area (Å²) in [5.74, 6) is 0. The molecule has 0 fully saturated rings. The molecule has 4 nitrogen and oxygen atoms in total. The fourth-order valence-electron chi connectivity index (χ4n) is 7.22. The van der Waals surface area contributed by atoms with Gasteiger partial charge in [0.05, 0.1) is 5.56 Å². The Hall–Kier alpha value is -4.99. The van der Waals surface area contributed by atoms with Crippen molar-refractivity contribution in [1.82, 2.24) is 9.97 Å². The van der Waals surface area contributed by atoms with E-state index in [1.807, 2.05) is 18.3 Å². The monoisotopic (exact) mass is 913 g/mol. The van der Waals surface area contributed by atoms with Crippen LogP contribution < -0.4 is 9.80 Å². The average molecular weight is 913 g/mol. The van der Waals surface area contributed by atoms with Crippen LogP contribution in [0.5, 0.6) is 0 Å². The van der Waals surface area contributed by atoms with Gasteiger partial charge in [0.2, 0.25) is 0 Å². The smallest absolute Gasteiger partial charge is 0.378 e. The van der Waals surface area contributed by atoms with E-state index in [2.05, 4.69) is 115 Å². The van der Waals surface area contributed by atoms with Crippen molar-refractivity contribution in [3.63, 3.8) is 0 Å². The van der Waals surface area contributed by atoms with Gasteiger partial charge in [-0.05, 0) is 82.9 Å². The summed E-state index contributed by atoms with van der Waals surface area (Å²) in [6.07, 6.45) is -5.97. The Bertz CT molecular complexity index is 2200. The number of halogens is 6. The Labute approximate surface area is 323 Å². The molecule has 0 unspecified atom stereocenters. The number of alkyl halides is 6. The molecule has 2 aliphatic carbocycles. The molecule has 0 aliphatic heterocycles. The largest absolute Gasteiger partial charge is 0.432 e. The topological polar surface area (TPSA) is 32.3 Å². The minimum Gasteiger partial charge on any atom is -0.378 e. The summed E-state index contributed by atoms with van der Waals surface area (Å²) >= 11 is 0. The zero-order valence-corrected chi connectivity index (χ0v) is 32.1. The maximum atomic E-state index is 12.6.